The summed E-state index contributed by atoms with van der Waals surface area (Å²) in [6.07, 6.45) is 5.25. The monoisotopic (exact) mass is 255 g/mol. The molecule has 0 spiro atoms. The standard InChI is InChI=1S/C17H21NO/c1-17(2)10-6-9-15-14(17)11-16(19)18(15)12-13-7-4-3-5-8-13/h3-5,7-9,14H,6,10-12H2,1-2H3. The summed E-state index contributed by atoms with van der Waals surface area (Å²) in [5.41, 5.74) is 2.73. The lowest BCUT2D eigenvalue weighted by molar-refractivity contribution is -0.127. The molecular formula is C17H21NO. The number of benzene rings is 1. The summed E-state index contributed by atoms with van der Waals surface area (Å²) in [6.45, 7) is 5.31. The number of hydrogen-bond acceptors (Lipinski definition) is 1. The van der Waals surface area contributed by atoms with Crippen molar-refractivity contribution in [1.82, 2.24) is 4.90 Å². The zero-order valence-electron chi connectivity index (χ0n) is 11.7. The third kappa shape index (κ3) is 2.20. The first kappa shape index (κ1) is 12.5. The van der Waals surface area contributed by atoms with Crippen LogP contribution < -0.4 is 0 Å². The number of carbonyl (C=O) groups is 1. The van der Waals surface area contributed by atoms with E-state index >= 15 is 0 Å². The molecule has 1 aliphatic carbocycles. The molecule has 1 aromatic rings. The molecule has 0 aromatic heterocycles. The van der Waals surface area contributed by atoms with E-state index in [-0.39, 0.29) is 11.3 Å². The lowest BCUT2D eigenvalue weighted by atomic mass is 9.70. The molecule has 1 fully saturated rings. The van der Waals surface area contributed by atoms with Crippen molar-refractivity contribution in [2.24, 2.45) is 11.3 Å². The second-order valence-electron chi connectivity index (χ2n) is 6.38. The first-order valence-corrected chi connectivity index (χ1v) is 7.12. The highest BCUT2D eigenvalue weighted by Crippen LogP contribution is 2.48. The minimum atomic E-state index is 0.255. The van der Waals surface area contributed by atoms with E-state index in [2.05, 4.69) is 32.1 Å². The number of carbonyl (C=O) groups excluding carboxylic acids is 1. The van der Waals surface area contributed by atoms with Crippen LogP contribution in [0.2, 0.25) is 0 Å². The average Bonchev–Trinajstić information content (AvgIpc) is 2.70. The third-order valence-electron chi connectivity index (χ3n) is 4.62. The molecule has 1 saturated heterocycles. The molecule has 100 valence electrons. The zero-order valence-corrected chi connectivity index (χ0v) is 11.7. The van der Waals surface area contributed by atoms with Gasteiger partial charge in [0.15, 0.2) is 0 Å². The molecule has 1 aliphatic heterocycles. The van der Waals surface area contributed by atoms with Crippen LogP contribution >= 0.6 is 0 Å². The van der Waals surface area contributed by atoms with Gasteiger partial charge in [-0.1, -0.05) is 50.3 Å². The molecule has 1 unspecified atom stereocenters. The van der Waals surface area contributed by atoms with E-state index in [1.54, 1.807) is 0 Å². The molecule has 1 aromatic carbocycles. The Balaban J connectivity index is 1.87. The minimum Gasteiger partial charge on any atom is -0.312 e. The van der Waals surface area contributed by atoms with Crippen LogP contribution in [0.1, 0.15) is 38.7 Å². The van der Waals surface area contributed by atoms with Gasteiger partial charge in [0, 0.05) is 18.0 Å². The van der Waals surface area contributed by atoms with Crippen LogP contribution in [0.15, 0.2) is 42.1 Å². The Morgan fingerprint density at radius 3 is 2.74 bits per heavy atom. The molecule has 0 N–H and O–H groups in total. The number of nitrogens with zero attached hydrogens (tertiary/aromatic N) is 1. The van der Waals surface area contributed by atoms with Crippen molar-refractivity contribution in [2.45, 2.75) is 39.7 Å². The number of amides is 1. The maximum absolute atomic E-state index is 12.3. The van der Waals surface area contributed by atoms with E-state index in [9.17, 15) is 4.79 Å². The number of allylic oxidation sites excluding steroid dienone is 2. The Hall–Kier alpha value is -1.57. The first-order valence-electron chi connectivity index (χ1n) is 7.12. The molecule has 1 amide bonds. The van der Waals surface area contributed by atoms with Crippen LogP contribution in [0.3, 0.4) is 0 Å². The predicted octanol–water partition coefficient (Wildman–Crippen LogP) is 3.74. The Morgan fingerprint density at radius 2 is 2.00 bits per heavy atom. The van der Waals surface area contributed by atoms with Crippen LogP contribution in [-0.2, 0) is 11.3 Å². The fourth-order valence-electron chi connectivity index (χ4n) is 3.36. The molecule has 3 rings (SSSR count). The number of rotatable bonds is 2. The van der Waals surface area contributed by atoms with Gasteiger partial charge in [-0.3, -0.25) is 4.79 Å². The number of likely N-dealkylation sites (tertiary alicyclic amines) is 1. The fourth-order valence-corrected chi connectivity index (χ4v) is 3.36. The largest absolute Gasteiger partial charge is 0.312 e. The second-order valence-corrected chi connectivity index (χ2v) is 6.38. The lowest BCUT2D eigenvalue weighted by Crippen LogP contribution is -2.29. The maximum Gasteiger partial charge on any atom is 0.227 e. The summed E-state index contributed by atoms with van der Waals surface area (Å²) in [4.78, 5) is 14.3. The highest BCUT2D eigenvalue weighted by atomic mass is 16.2. The highest BCUT2D eigenvalue weighted by Gasteiger charge is 2.44. The predicted molar refractivity (Wildman–Crippen MR) is 76.2 cm³/mol. The van der Waals surface area contributed by atoms with Gasteiger partial charge in [-0.25, -0.2) is 0 Å². The number of fused-ring (bicyclic) bond motifs is 1. The van der Waals surface area contributed by atoms with Gasteiger partial charge in [0.1, 0.15) is 0 Å². The fraction of sp³-hybridized carbons (Fsp3) is 0.471. The Kier molecular flexibility index (Phi) is 2.96. The Bertz CT molecular complexity index is 515. The summed E-state index contributed by atoms with van der Waals surface area (Å²) in [5.74, 6) is 0.701. The van der Waals surface area contributed by atoms with Gasteiger partial charge in [-0.15, -0.1) is 0 Å². The summed E-state index contributed by atoms with van der Waals surface area (Å²) in [5, 5.41) is 0. The Morgan fingerprint density at radius 1 is 1.26 bits per heavy atom. The van der Waals surface area contributed by atoms with Crippen molar-refractivity contribution >= 4 is 5.91 Å². The average molecular weight is 255 g/mol. The van der Waals surface area contributed by atoms with E-state index in [1.165, 1.54) is 17.7 Å². The van der Waals surface area contributed by atoms with E-state index in [0.29, 0.717) is 12.3 Å². The molecular weight excluding hydrogens is 234 g/mol. The van der Waals surface area contributed by atoms with E-state index in [4.69, 9.17) is 0 Å². The van der Waals surface area contributed by atoms with Crippen molar-refractivity contribution in [2.75, 3.05) is 0 Å². The van der Waals surface area contributed by atoms with Crippen LogP contribution in [0.4, 0.5) is 0 Å². The van der Waals surface area contributed by atoms with Gasteiger partial charge in [-0.2, -0.15) is 0 Å². The number of hydrogen-bond donors (Lipinski definition) is 0. The molecule has 1 atom stereocenters. The van der Waals surface area contributed by atoms with Crippen molar-refractivity contribution < 1.29 is 4.79 Å². The van der Waals surface area contributed by atoms with Gasteiger partial charge >= 0.3 is 0 Å². The molecule has 19 heavy (non-hydrogen) atoms. The normalized spacial score (nSPS) is 25.2. The second kappa shape index (κ2) is 4.52. The van der Waals surface area contributed by atoms with Crippen molar-refractivity contribution in [3.63, 3.8) is 0 Å². The van der Waals surface area contributed by atoms with E-state index in [1.807, 2.05) is 23.1 Å². The van der Waals surface area contributed by atoms with Crippen molar-refractivity contribution in [3.8, 4) is 0 Å². The van der Waals surface area contributed by atoms with Gasteiger partial charge in [0.25, 0.3) is 0 Å². The molecule has 0 saturated carbocycles. The third-order valence-corrected chi connectivity index (χ3v) is 4.62. The van der Waals surface area contributed by atoms with Gasteiger partial charge in [0.05, 0.1) is 6.54 Å². The van der Waals surface area contributed by atoms with E-state index < -0.39 is 0 Å². The molecule has 0 radical (unpaired) electrons. The van der Waals surface area contributed by atoms with Gasteiger partial charge < -0.3 is 4.90 Å². The topological polar surface area (TPSA) is 20.3 Å². The minimum absolute atomic E-state index is 0.255. The molecule has 2 aliphatic rings. The molecule has 2 heteroatoms. The first-order chi connectivity index (χ1) is 9.08. The van der Waals surface area contributed by atoms with Crippen LogP contribution in [0.5, 0.6) is 0 Å². The maximum atomic E-state index is 12.3. The summed E-state index contributed by atoms with van der Waals surface area (Å²) in [7, 11) is 0. The quantitative estimate of drug-likeness (QED) is 0.788. The van der Waals surface area contributed by atoms with Gasteiger partial charge in [-0.05, 0) is 23.8 Å². The molecule has 2 nitrogen and oxygen atoms in total. The zero-order chi connectivity index (χ0) is 13.5. The van der Waals surface area contributed by atoms with Crippen LogP contribution in [-0.4, -0.2) is 10.8 Å². The van der Waals surface area contributed by atoms with E-state index in [0.717, 1.165) is 13.0 Å². The highest BCUT2D eigenvalue weighted by molar-refractivity contribution is 5.82. The van der Waals surface area contributed by atoms with Crippen molar-refractivity contribution in [3.05, 3.63) is 47.7 Å². The molecule has 0 bridgehead atoms. The summed E-state index contributed by atoms with van der Waals surface area (Å²) >= 11 is 0. The lowest BCUT2D eigenvalue weighted by Gasteiger charge is -2.36. The summed E-state index contributed by atoms with van der Waals surface area (Å²) < 4.78 is 0. The van der Waals surface area contributed by atoms with Crippen LogP contribution in [0.25, 0.3) is 0 Å². The smallest absolute Gasteiger partial charge is 0.227 e. The van der Waals surface area contributed by atoms with Gasteiger partial charge in [0.2, 0.25) is 5.91 Å². The SMILES string of the molecule is CC1(C)CCC=C2C1CC(=O)N2Cc1ccccc1. The van der Waals surface area contributed by atoms with Crippen LogP contribution in [0, 0.1) is 11.3 Å². The molecule has 1 heterocycles. The summed E-state index contributed by atoms with van der Waals surface area (Å²) in [6, 6.07) is 10.3. The van der Waals surface area contributed by atoms with Crippen molar-refractivity contribution in [1.29, 1.82) is 0 Å². The Labute approximate surface area is 115 Å².